The van der Waals surface area contributed by atoms with Crippen LogP contribution in [-0.2, 0) is 17.6 Å². The first-order valence-electron chi connectivity index (χ1n) is 8.05. The molecule has 2 N–H and O–H groups in total. The van der Waals surface area contributed by atoms with Crippen LogP contribution in [0.5, 0.6) is 0 Å². The molecule has 1 aliphatic heterocycles. The summed E-state index contributed by atoms with van der Waals surface area (Å²) in [4.78, 5) is 12.3. The van der Waals surface area contributed by atoms with Crippen LogP contribution in [0.15, 0.2) is 36.5 Å². The zero-order valence-corrected chi connectivity index (χ0v) is 12.9. The van der Waals surface area contributed by atoms with Crippen LogP contribution in [0.2, 0.25) is 0 Å². The number of hydrogen-bond acceptors (Lipinski definition) is 3. The van der Waals surface area contributed by atoms with Gasteiger partial charge in [0.2, 0.25) is 0 Å². The number of hydrogen-bond donors (Lipinski definition) is 2. The minimum Gasteiger partial charge on any atom is -0.379 e. The van der Waals surface area contributed by atoms with Crippen molar-refractivity contribution in [3.63, 3.8) is 0 Å². The van der Waals surface area contributed by atoms with Gasteiger partial charge in [0, 0.05) is 18.7 Å². The highest BCUT2D eigenvalue weighted by atomic mass is 16.5. The van der Waals surface area contributed by atoms with Crippen molar-refractivity contribution in [3.05, 3.63) is 47.7 Å². The lowest BCUT2D eigenvalue weighted by atomic mass is 10.1. The lowest BCUT2D eigenvalue weighted by Gasteiger charge is -2.16. The van der Waals surface area contributed by atoms with Gasteiger partial charge in [-0.15, -0.1) is 0 Å². The molecule has 1 fully saturated rings. The molecule has 2 aromatic rings. The van der Waals surface area contributed by atoms with Crippen molar-refractivity contribution in [3.8, 4) is 0 Å². The summed E-state index contributed by atoms with van der Waals surface area (Å²) >= 11 is 0. The first-order valence-corrected chi connectivity index (χ1v) is 8.05. The normalized spacial score (nSPS) is 20.4. The van der Waals surface area contributed by atoms with Gasteiger partial charge in [-0.2, -0.15) is 5.10 Å². The van der Waals surface area contributed by atoms with Gasteiger partial charge in [0.15, 0.2) is 0 Å². The molecular weight excluding hydrogens is 292 g/mol. The second-order valence-corrected chi connectivity index (χ2v) is 6.15. The van der Waals surface area contributed by atoms with Crippen LogP contribution in [0.25, 0.3) is 0 Å². The maximum absolute atomic E-state index is 12.3. The molecule has 1 aliphatic carbocycles. The number of carbonyl (C=O) groups is 1. The summed E-state index contributed by atoms with van der Waals surface area (Å²) in [5, 5.41) is 10.3. The summed E-state index contributed by atoms with van der Waals surface area (Å²) in [6.45, 7) is 1.40. The quantitative estimate of drug-likeness (QED) is 0.912. The Bertz CT molecular complexity index is 681. The number of benzene rings is 1. The summed E-state index contributed by atoms with van der Waals surface area (Å²) in [7, 11) is 0. The van der Waals surface area contributed by atoms with E-state index in [-0.39, 0.29) is 18.1 Å². The molecule has 0 radical (unpaired) electrons. The Labute approximate surface area is 134 Å². The smallest absolute Gasteiger partial charge is 0.320 e. The van der Waals surface area contributed by atoms with Crippen molar-refractivity contribution >= 4 is 11.8 Å². The molecule has 1 saturated heterocycles. The number of anilines is 1. The Balaban J connectivity index is 1.37. The maximum Gasteiger partial charge on any atom is 0.320 e. The summed E-state index contributed by atoms with van der Waals surface area (Å²) in [6.07, 6.45) is 4.41. The molecule has 2 amide bonds. The monoisotopic (exact) mass is 312 g/mol. The number of amides is 2. The third kappa shape index (κ3) is 2.94. The zero-order chi connectivity index (χ0) is 15.6. The maximum atomic E-state index is 12.3. The number of rotatable bonds is 3. The average molecular weight is 312 g/mol. The molecule has 0 saturated carbocycles. The molecule has 0 bridgehead atoms. The molecule has 0 spiro atoms. The molecule has 1 aromatic heterocycles. The molecule has 2 aliphatic rings. The highest BCUT2D eigenvalue weighted by Crippen LogP contribution is 2.23. The Morgan fingerprint density at radius 2 is 2.00 bits per heavy atom. The number of nitrogens with one attached hydrogen (secondary N) is 2. The van der Waals surface area contributed by atoms with Gasteiger partial charge in [0.25, 0.3) is 0 Å². The fourth-order valence-corrected chi connectivity index (χ4v) is 3.42. The number of carbonyl (C=O) groups excluding carboxylic acids is 1. The fourth-order valence-electron chi connectivity index (χ4n) is 3.42. The Morgan fingerprint density at radius 1 is 1.22 bits per heavy atom. The number of fused-ring (bicyclic) bond motifs is 1. The van der Waals surface area contributed by atoms with Crippen molar-refractivity contribution in [2.45, 2.75) is 31.3 Å². The summed E-state index contributed by atoms with van der Waals surface area (Å²) in [5.74, 6) is 0.716. The molecule has 1 aromatic carbocycles. The minimum atomic E-state index is -0.177. The van der Waals surface area contributed by atoms with Crippen molar-refractivity contribution in [2.24, 2.45) is 0 Å². The molecular formula is C17H20N4O2. The largest absolute Gasteiger partial charge is 0.379 e. The van der Waals surface area contributed by atoms with E-state index in [4.69, 9.17) is 4.74 Å². The van der Waals surface area contributed by atoms with Gasteiger partial charge in [0.1, 0.15) is 5.82 Å². The SMILES string of the molecule is O=C(Nc1ccnn1C1CCOC1)NC1Cc2ccccc2C1. The van der Waals surface area contributed by atoms with E-state index in [1.54, 1.807) is 6.20 Å². The fraction of sp³-hybridized carbons (Fsp3) is 0.412. The number of urea groups is 1. The topological polar surface area (TPSA) is 68.2 Å². The molecule has 2 heterocycles. The molecule has 23 heavy (non-hydrogen) atoms. The lowest BCUT2D eigenvalue weighted by molar-refractivity contribution is 0.185. The number of aromatic nitrogens is 2. The highest BCUT2D eigenvalue weighted by Gasteiger charge is 2.24. The third-order valence-electron chi connectivity index (χ3n) is 4.55. The molecule has 6 nitrogen and oxygen atoms in total. The molecule has 4 rings (SSSR count). The van der Waals surface area contributed by atoms with Crippen LogP contribution < -0.4 is 10.6 Å². The average Bonchev–Trinajstić information content (AvgIpc) is 3.26. The third-order valence-corrected chi connectivity index (χ3v) is 4.55. The van der Waals surface area contributed by atoms with Gasteiger partial charge in [0.05, 0.1) is 18.8 Å². The molecule has 1 unspecified atom stereocenters. The Kier molecular flexibility index (Phi) is 3.75. The van der Waals surface area contributed by atoms with Crippen LogP contribution in [0, 0.1) is 0 Å². The Morgan fingerprint density at radius 3 is 2.70 bits per heavy atom. The van der Waals surface area contributed by atoms with Crippen LogP contribution >= 0.6 is 0 Å². The molecule has 1 atom stereocenters. The highest BCUT2D eigenvalue weighted by molar-refractivity contribution is 5.88. The lowest BCUT2D eigenvalue weighted by Crippen LogP contribution is -2.39. The van der Waals surface area contributed by atoms with E-state index < -0.39 is 0 Å². The van der Waals surface area contributed by atoms with Crippen molar-refractivity contribution in [1.29, 1.82) is 0 Å². The first kappa shape index (κ1) is 14.3. The summed E-state index contributed by atoms with van der Waals surface area (Å²) < 4.78 is 7.24. The summed E-state index contributed by atoms with van der Waals surface area (Å²) in [5.41, 5.74) is 2.65. The minimum absolute atomic E-state index is 0.151. The van der Waals surface area contributed by atoms with Gasteiger partial charge < -0.3 is 10.1 Å². The number of nitrogens with zero attached hydrogens (tertiary/aromatic N) is 2. The van der Waals surface area contributed by atoms with E-state index in [0.717, 1.165) is 25.9 Å². The number of ether oxygens (including phenoxy) is 1. The van der Waals surface area contributed by atoms with Crippen LogP contribution in [-0.4, -0.2) is 35.1 Å². The van der Waals surface area contributed by atoms with E-state index >= 15 is 0 Å². The summed E-state index contributed by atoms with van der Waals surface area (Å²) in [6, 6.07) is 10.3. The van der Waals surface area contributed by atoms with E-state index in [2.05, 4.69) is 27.9 Å². The van der Waals surface area contributed by atoms with Crippen LogP contribution in [0.4, 0.5) is 10.6 Å². The van der Waals surface area contributed by atoms with Gasteiger partial charge in [-0.25, -0.2) is 9.48 Å². The van der Waals surface area contributed by atoms with Gasteiger partial charge >= 0.3 is 6.03 Å². The van der Waals surface area contributed by atoms with Gasteiger partial charge in [-0.1, -0.05) is 24.3 Å². The predicted molar refractivity (Wildman–Crippen MR) is 86.5 cm³/mol. The van der Waals surface area contributed by atoms with Crippen molar-refractivity contribution in [2.75, 3.05) is 18.5 Å². The van der Waals surface area contributed by atoms with E-state index in [1.807, 2.05) is 22.9 Å². The second kappa shape index (κ2) is 6.04. The molecule has 6 heteroatoms. The van der Waals surface area contributed by atoms with Gasteiger partial charge in [-0.05, 0) is 30.4 Å². The standard InChI is InChI=1S/C17H20N4O2/c22-17(19-14-9-12-3-1-2-4-13(12)10-14)20-16-5-7-18-21(16)15-6-8-23-11-15/h1-5,7,14-15H,6,8-11H2,(H2,19,20,22). The van der Waals surface area contributed by atoms with E-state index in [1.165, 1.54) is 11.1 Å². The van der Waals surface area contributed by atoms with E-state index in [9.17, 15) is 4.79 Å². The van der Waals surface area contributed by atoms with Crippen molar-refractivity contribution in [1.82, 2.24) is 15.1 Å². The Hall–Kier alpha value is -2.34. The second-order valence-electron chi connectivity index (χ2n) is 6.15. The van der Waals surface area contributed by atoms with E-state index in [0.29, 0.717) is 12.4 Å². The van der Waals surface area contributed by atoms with Crippen molar-refractivity contribution < 1.29 is 9.53 Å². The first-order chi connectivity index (χ1) is 11.3. The predicted octanol–water partition coefficient (Wildman–Crippen LogP) is 2.13. The van der Waals surface area contributed by atoms with Crippen LogP contribution in [0.1, 0.15) is 23.6 Å². The van der Waals surface area contributed by atoms with Gasteiger partial charge in [-0.3, -0.25) is 5.32 Å². The molecule has 120 valence electrons. The zero-order valence-electron chi connectivity index (χ0n) is 12.9. The van der Waals surface area contributed by atoms with Crippen LogP contribution in [0.3, 0.4) is 0 Å².